The van der Waals surface area contributed by atoms with E-state index < -0.39 is 10.0 Å². The maximum Gasteiger partial charge on any atom is 0.243 e. The standard InChI is InChI=1S/C16H24N2O2S.ClH/c1-2-3-13-4-8-16(9-5-13)21(19,20)18-14-6-7-15(18)12-17-11-10-14;/h4-5,8-9,14-15,17H,2-3,6-7,10-12H2,1H3;1H. The first-order valence-electron chi connectivity index (χ1n) is 7.96. The molecule has 2 atom stereocenters. The van der Waals surface area contributed by atoms with Crippen molar-refractivity contribution in [2.24, 2.45) is 0 Å². The van der Waals surface area contributed by atoms with Crippen LogP contribution in [0.2, 0.25) is 0 Å². The zero-order valence-corrected chi connectivity index (χ0v) is 14.6. The molecule has 2 heterocycles. The molecule has 0 aliphatic carbocycles. The van der Waals surface area contributed by atoms with Crippen molar-refractivity contribution in [3.63, 3.8) is 0 Å². The Morgan fingerprint density at radius 3 is 2.50 bits per heavy atom. The molecule has 124 valence electrons. The van der Waals surface area contributed by atoms with Gasteiger partial charge in [0, 0.05) is 18.6 Å². The molecule has 2 saturated heterocycles. The van der Waals surface area contributed by atoms with Crippen LogP contribution in [0.3, 0.4) is 0 Å². The lowest BCUT2D eigenvalue weighted by Gasteiger charge is -2.27. The van der Waals surface area contributed by atoms with Crippen LogP contribution in [0.5, 0.6) is 0 Å². The van der Waals surface area contributed by atoms with Gasteiger partial charge in [-0.05, 0) is 49.9 Å². The molecule has 0 amide bonds. The molecule has 0 saturated carbocycles. The lowest BCUT2D eigenvalue weighted by molar-refractivity contribution is 0.334. The van der Waals surface area contributed by atoms with Gasteiger partial charge in [-0.1, -0.05) is 25.5 Å². The molecule has 2 aliphatic heterocycles. The molecular formula is C16H25ClN2O2S. The molecule has 1 aromatic carbocycles. The minimum atomic E-state index is -3.36. The second kappa shape index (κ2) is 7.30. The number of fused-ring (bicyclic) bond motifs is 2. The number of benzene rings is 1. The molecular weight excluding hydrogens is 320 g/mol. The number of halogens is 1. The van der Waals surface area contributed by atoms with Crippen LogP contribution >= 0.6 is 12.4 Å². The average molecular weight is 345 g/mol. The van der Waals surface area contributed by atoms with E-state index in [1.807, 2.05) is 12.1 Å². The summed E-state index contributed by atoms with van der Waals surface area (Å²) in [6, 6.07) is 7.75. The Bertz CT molecular complexity index is 575. The van der Waals surface area contributed by atoms with Crippen molar-refractivity contribution >= 4 is 22.4 Å². The Labute approximate surface area is 139 Å². The van der Waals surface area contributed by atoms with Crippen LogP contribution in [0.4, 0.5) is 0 Å². The summed E-state index contributed by atoms with van der Waals surface area (Å²) < 4.78 is 27.7. The van der Waals surface area contributed by atoms with Crippen LogP contribution < -0.4 is 5.32 Å². The Balaban J connectivity index is 0.00000176. The maximum absolute atomic E-state index is 13.0. The van der Waals surface area contributed by atoms with Gasteiger partial charge in [0.15, 0.2) is 0 Å². The minimum absolute atomic E-state index is 0. The number of hydrogen-bond donors (Lipinski definition) is 1. The number of aryl methyl sites for hydroxylation is 1. The predicted octanol–water partition coefficient (Wildman–Crippen LogP) is 2.58. The van der Waals surface area contributed by atoms with Gasteiger partial charge >= 0.3 is 0 Å². The van der Waals surface area contributed by atoms with Crippen molar-refractivity contribution in [1.29, 1.82) is 0 Å². The second-order valence-corrected chi connectivity index (χ2v) is 7.95. The molecule has 1 N–H and O–H groups in total. The second-order valence-electron chi connectivity index (χ2n) is 6.11. The lowest BCUT2D eigenvalue weighted by Crippen LogP contribution is -2.42. The van der Waals surface area contributed by atoms with E-state index in [0.29, 0.717) is 4.90 Å². The van der Waals surface area contributed by atoms with Gasteiger partial charge in [0.1, 0.15) is 0 Å². The highest BCUT2D eigenvalue weighted by Crippen LogP contribution is 2.33. The van der Waals surface area contributed by atoms with E-state index in [1.165, 1.54) is 5.56 Å². The van der Waals surface area contributed by atoms with E-state index in [0.717, 1.165) is 45.2 Å². The van der Waals surface area contributed by atoms with E-state index in [2.05, 4.69) is 12.2 Å². The highest BCUT2D eigenvalue weighted by atomic mass is 35.5. The number of nitrogens with one attached hydrogen (secondary N) is 1. The van der Waals surface area contributed by atoms with Crippen LogP contribution in [0, 0.1) is 0 Å². The quantitative estimate of drug-likeness (QED) is 0.913. The SMILES string of the molecule is CCCc1ccc(S(=O)(=O)N2C3CCNCC2CC3)cc1.Cl. The lowest BCUT2D eigenvalue weighted by atomic mass is 10.1. The van der Waals surface area contributed by atoms with Crippen LogP contribution in [0.1, 0.15) is 38.2 Å². The number of sulfonamides is 1. The van der Waals surface area contributed by atoms with E-state index in [9.17, 15) is 8.42 Å². The molecule has 2 fully saturated rings. The summed E-state index contributed by atoms with van der Waals surface area (Å²) >= 11 is 0. The smallest absolute Gasteiger partial charge is 0.243 e. The van der Waals surface area contributed by atoms with E-state index in [1.54, 1.807) is 16.4 Å². The number of rotatable bonds is 4. The van der Waals surface area contributed by atoms with Gasteiger partial charge in [-0.2, -0.15) is 4.31 Å². The van der Waals surface area contributed by atoms with Crippen molar-refractivity contribution in [3.05, 3.63) is 29.8 Å². The van der Waals surface area contributed by atoms with Crippen molar-refractivity contribution in [3.8, 4) is 0 Å². The Morgan fingerprint density at radius 2 is 1.82 bits per heavy atom. The molecule has 4 nitrogen and oxygen atoms in total. The normalized spacial score (nSPS) is 25.5. The van der Waals surface area contributed by atoms with E-state index in [-0.39, 0.29) is 24.5 Å². The number of nitrogens with zero attached hydrogens (tertiary/aromatic N) is 1. The third kappa shape index (κ3) is 3.32. The summed E-state index contributed by atoms with van der Waals surface area (Å²) in [5, 5.41) is 3.35. The topological polar surface area (TPSA) is 49.4 Å². The van der Waals surface area contributed by atoms with Gasteiger partial charge in [-0.25, -0.2) is 8.42 Å². The first-order chi connectivity index (χ1) is 10.1. The molecule has 0 aromatic heterocycles. The zero-order chi connectivity index (χ0) is 14.9. The van der Waals surface area contributed by atoms with E-state index in [4.69, 9.17) is 0 Å². The summed E-state index contributed by atoms with van der Waals surface area (Å²) in [6.07, 6.45) is 4.97. The monoisotopic (exact) mass is 344 g/mol. The van der Waals surface area contributed by atoms with Crippen molar-refractivity contribution in [2.75, 3.05) is 13.1 Å². The Morgan fingerprint density at radius 1 is 1.14 bits per heavy atom. The van der Waals surface area contributed by atoms with Gasteiger partial charge in [0.2, 0.25) is 10.0 Å². The molecule has 2 unspecified atom stereocenters. The van der Waals surface area contributed by atoms with Crippen molar-refractivity contribution in [2.45, 2.75) is 56.0 Å². The fraction of sp³-hybridized carbons (Fsp3) is 0.625. The van der Waals surface area contributed by atoms with Gasteiger partial charge in [-0.3, -0.25) is 0 Å². The molecule has 22 heavy (non-hydrogen) atoms. The predicted molar refractivity (Wildman–Crippen MR) is 91.0 cm³/mol. The van der Waals surface area contributed by atoms with Crippen molar-refractivity contribution < 1.29 is 8.42 Å². The van der Waals surface area contributed by atoms with Gasteiger partial charge in [0.25, 0.3) is 0 Å². The fourth-order valence-corrected chi connectivity index (χ4v) is 5.47. The highest BCUT2D eigenvalue weighted by molar-refractivity contribution is 7.89. The fourth-order valence-electron chi connectivity index (χ4n) is 3.57. The molecule has 0 spiro atoms. The third-order valence-corrected chi connectivity index (χ3v) is 6.64. The molecule has 1 aromatic rings. The van der Waals surface area contributed by atoms with Gasteiger partial charge < -0.3 is 5.32 Å². The molecule has 2 aliphatic rings. The molecule has 2 bridgehead atoms. The minimum Gasteiger partial charge on any atom is -0.315 e. The summed E-state index contributed by atoms with van der Waals surface area (Å²) in [4.78, 5) is 0.446. The third-order valence-electron chi connectivity index (χ3n) is 4.62. The summed E-state index contributed by atoms with van der Waals surface area (Å²) in [6.45, 7) is 3.83. The highest BCUT2D eigenvalue weighted by Gasteiger charge is 2.42. The Hall–Kier alpha value is -0.620. The average Bonchev–Trinajstić information content (AvgIpc) is 2.74. The summed E-state index contributed by atoms with van der Waals surface area (Å²) in [7, 11) is -3.36. The maximum atomic E-state index is 13.0. The first-order valence-corrected chi connectivity index (χ1v) is 9.40. The van der Waals surface area contributed by atoms with Crippen LogP contribution in [-0.2, 0) is 16.4 Å². The summed E-state index contributed by atoms with van der Waals surface area (Å²) in [5.41, 5.74) is 1.21. The van der Waals surface area contributed by atoms with Gasteiger partial charge in [-0.15, -0.1) is 12.4 Å². The molecule has 3 rings (SSSR count). The first kappa shape index (κ1) is 17.7. The van der Waals surface area contributed by atoms with Crippen molar-refractivity contribution in [1.82, 2.24) is 9.62 Å². The van der Waals surface area contributed by atoms with Crippen LogP contribution in [0.15, 0.2) is 29.2 Å². The van der Waals surface area contributed by atoms with Crippen LogP contribution in [0.25, 0.3) is 0 Å². The summed E-state index contributed by atoms with van der Waals surface area (Å²) in [5.74, 6) is 0. The largest absolute Gasteiger partial charge is 0.315 e. The van der Waals surface area contributed by atoms with Crippen LogP contribution in [-0.4, -0.2) is 37.9 Å². The Kier molecular flexibility index (Phi) is 5.88. The van der Waals surface area contributed by atoms with E-state index >= 15 is 0 Å². The molecule has 0 radical (unpaired) electrons. The van der Waals surface area contributed by atoms with Gasteiger partial charge in [0.05, 0.1) is 4.90 Å². The zero-order valence-electron chi connectivity index (χ0n) is 13.0. The number of hydrogen-bond acceptors (Lipinski definition) is 3. The molecule has 6 heteroatoms.